The molecule has 0 spiro atoms. The second-order valence-corrected chi connectivity index (χ2v) is 7.99. The number of halogens is 2. The van der Waals surface area contributed by atoms with Crippen LogP contribution in [0, 0.1) is 5.82 Å². The fourth-order valence-corrected chi connectivity index (χ4v) is 3.86. The second kappa shape index (κ2) is 11.1. The van der Waals surface area contributed by atoms with Crippen LogP contribution < -0.4 is 18.9 Å². The monoisotopic (exact) mass is 496 g/mol. The fourth-order valence-electron chi connectivity index (χ4n) is 3.63. The maximum atomic E-state index is 15.2. The van der Waals surface area contributed by atoms with Crippen LogP contribution in [0.2, 0.25) is 5.02 Å². The number of aromatic nitrogens is 2. The first kappa shape index (κ1) is 24.4. The summed E-state index contributed by atoms with van der Waals surface area (Å²) in [6.45, 7) is 2.59. The minimum Gasteiger partial charge on any atom is -0.497 e. The zero-order valence-corrected chi connectivity index (χ0v) is 20.5. The van der Waals surface area contributed by atoms with E-state index in [1.165, 1.54) is 4.68 Å². The van der Waals surface area contributed by atoms with E-state index >= 15 is 4.39 Å². The van der Waals surface area contributed by atoms with Crippen molar-refractivity contribution in [2.75, 3.05) is 27.4 Å². The topological polar surface area (TPSA) is 54.7 Å². The Morgan fingerprint density at radius 1 is 0.857 bits per heavy atom. The Morgan fingerprint density at radius 3 is 2.29 bits per heavy atom. The number of hydrogen-bond donors (Lipinski definition) is 0. The number of benzene rings is 3. The van der Waals surface area contributed by atoms with Crippen LogP contribution in [0.1, 0.15) is 6.92 Å². The first-order chi connectivity index (χ1) is 17.0. The van der Waals surface area contributed by atoms with E-state index in [1.807, 2.05) is 42.5 Å². The van der Waals surface area contributed by atoms with Crippen molar-refractivity contribution in [1.29, 1.82) is 0 Å². The Balaban J connectivity index is 1.48. The van der Waals surface area contributed by atoms with Gasteiger partial charge in [-0.2, -0.15) is 9.49 Å². The van der Waals surface area contributed by atoms with Gasteiger partial charge in [0.25, 0.3) is 0 Å². The molecule has 0 unspecified atom stereocenters. The van der Waals surface area contributed by atoms with Crippen molar-refractivity contribution in [3.8, 4) is 45.5 Å². The van der Waals surface area contributed by atoms with Crippen molar-refractivity contribution >= 4 is 11.6 Å². The Morgan fingerprint density at radius 2 is 1.60 bits per heavy atom. The van der Waals surface area contributed by atoms with Crippen molar-refractivity contribution in [2.45, 2.75) is 13.5 Å². The highest BCUT2D eigenvalue weighted by molar-refractivity contribution is 6.32. The SMILES string of the molecule is CCOc1c(F)c(-c2cccc(OC)c2)nn1CCOc1ccc(-c2ccc(OC)cc2)cc1Cl. The Kier molecular flexibility index (Phi) is 7.77. The Labute approximate surface area is 208 Å². The van der Waals surface area contributed by atoms with E-state index in [0.717, 1.165) is 16.9 Å². The van der Waals surface area contributed by atoms with Gasteiger partial charge in [0, 0.05) is 5.56 Å². The average Bonchev–Trinajstić information content (AvgIpc) is 3.20. The normalized spacial score (nSPS) is 10.8. The van der Waals surface area contributed by atoms with E-state index in [0.29, 0.717) is 28.7 Å². The van der Waals surface area contributed by atoms with Gasteiger partial charge in [0.05, 0.1) is 32.4 Å². The molecule has 0 amide bonds. The van der Waals surface area contributed by atoms with Gasteiger partial charge in [-0.25, -0.2) is 4.68 Å². The van der Waals surface area contributed by atoms with Crippen LogP contribution >= 0.6 is 11.6 Å². The maximum absolute atomic E-state index is 15.2. The van der Waals surface area contributed by atoms with Crippen molar-refractivity contribution in [3.05, 3.63) is 77.6 Å². The molecule has 4 aromatic rings. The summed E-state index contributed by atoms with van der Waals surface area (Å²) in [5.41, 5.74) is 2.76. The predicted molar refractivity (Wildman–Crippen MR) is 134 cm³/mol. The van der Waals surface area contributed by atoms with Gasteiger partial charge in [0.2, 0.25) is 11.7 Å². The number of hydrogen-bond acceptors (Lipinski definition) is 5. The van der Waals surface area contributed by atoms with Crippen LogP contribution in [-0.4, -0.2) is 37.2 Å². The molecule has 1 heterocycles. The summed E-state index contributed by atoms with van der Waals surface area (Å²) < 4.78 is 38.5. The molecule has 182 valence electrons. The second-order valence-electron chi connectivity index (χ2n) is 7.58. The summed E-state index contributed by atoms with van der Waals surface area (Å²) in [7, 11) is 3.19. The fraction of sp³-hybridized carbons (Fsp3) is 0.222. The van der Waals surface area contributed by atoms with Crippen LogP contribution in [0.15, 0.2) is 66.7 Å². The molecule has 3 aromatic carbocycles. The summed E-state index contributed by atoms with van der Waals surface area (Å²) >= 11 is 6.47. The van der Waals surface area contributed by atoms with Gasteiger partial charge in [0.1, 0.15) is 29.5 Å². The van der Waals surface area contributed by atoms with Crippen molar-refractivity contribution < 1.29 is 23.3 Å². The Bertz CT molecular complexity index is 1290. The molecule has 0 atom stereocenters. The molecule has 0 saturated heterocycles. The lowest BCUT2D eigenvalue weighted by Crippen LogP contribution is -2.12. The molecule has 0 bridgehead atoms. The quantitative estimate of drug-likeness (QED) is 0.251. The van der Waals surface area contributed by atoms with E-state index in [1.54, 1.807) is 45.4 Å². The van der Waals surface area contributed by atoms with Gasteiger partial charge < -0.3 is 18.9 Å². The number of rotatable bonds is 10. The zero-order valence-electron chi connectivity index (χ0n) is 19.8. The molecule has 35 heavy (non-hydrogen) atoms. The zero-order chi connectivity index (χ0) is 24.8. The highest BCUT2D eigenvalue weighted by atomic mass is 35.5. The molecule has 0 aliphatic carbocycles. The molecule has 8 heteroatoms. The largest absolute Gasteiger partial charge is 0.497 e. The summed E-state index contributed by atoms with van der Waals surface area (Å²) in [6, 6.07) is 20.4. The standard InChI is InChI=1S/C27H26ClFN2O4/c1-4-34-27-25(29)26(20-6-5-7-22(16-20)33-3)30-31(27)14-15-35-24-13-10-19(17-23(24)28)18-8-11-21(32-2)12-9-18/h5-13,16-17H,4,14-15H2,1-3H3. The molecule has 0 radical (unpaired) electrons. The smallest absolute Gasteiger partial charge is 0.249 e. The first-order valence-corrected chi connectivity index (χ1v) is 11.5. The molecule has 0 aliphatic rings. The van der Waals surface area contributed by atoms with Gasteiger partial charge in [-0.3, -0.25) is 0 Å². The third-order valence-electron chi connectivity index (χ3n) is 5.39. The molecule has 0 N–H and O–H groups in total. The van der Waals surface area contributed by atoms with Gasteiger partial charge in [-0.1, -0.05) is 41.9 Å². The number of methoxy groups -OCH3 is 2. The lowest BCUT2D eigenvalue weighted by molar-refractivity contribution is 0.253. The molecule has 0 fully saturated rings. The van der Waals surface area contributed by atoms with Crippen molar-refractivity contribution in [2.24, 2.45) is 0 Å². The lowest BCUT2D eigenvalue weighted by Gasteiger charge is -2.11. The van der Waals surface area contributed by atoms with E-state index in [2.05, 4.69) is 5.10 Å². The van der Waals surface area contributed by atoms with Crippen LogP contribution in [0.5, 0.6) is 23.1 Å². The Hall–Kier alpha value is -3.71. The van der Waals surface area contributed by atoms with Crippen molar-refractivity contribution in [1.82, 2.24) is 9.78 Å². The minimum atomic E-state index is -0.526. The first-order valence-electron chi connectivity index (χ1n) is 11.1. The molecule has 1 aromatic heterocycles. The van der Waals surface area contributed by atoms with Gasteiger partial charge >= 0.3 is 0 Å². The third-order valence-corrected chi connectivity index (χ3v) is 5.69. The highest BCUT2D eigenvalue weighted by Gasteiger charge is 2.21. The molecule has 6 nitrogen and oxygen atoms in total. The summed E-state index contributed by atoms with van der Waals surface area (Å²) in [6.07, 6.45) is 0. The number of nitrogens with zero attached hydrogens (tertiary/aromatic N) is 2. The number of ether oxygens (including phenoxy) is 4. The van der Waals surface area contributed by atoms with E-state index in [4.69, 9.17) is 30.5 Å². The molecular weight excluding hydrogens is 471 g/mol. The van der Waals surface area contributed by atoms with Gasteiger partial charge in [0.15, 0.2) is 0 Å². The third kappa shape index (κ3) is 5.52. The molecular formula is C27H26ClFN2O4. The van der Waals surface area contributed by atoms with Crippen LogP contribution in [0.4, 0.5) is 4.39 Å². The molecule has 0 aliphatic heterocycles. The van der Waals surface area contributed by atoms with Gasteiger partial charge in [-0.05, 0) is 54.4 Å². The van der Waals surface area contributed by atoms with Crippen LogP contribution in [0.3, 0.4) is 0 Å². The van der Waals surface area contributed by atoms with Crippen LogP contribution in [-0.2, 0) is 6.54 Å². The van der Waals surface area contributed by atoms with Gasteiger partial charge in [-0.15, -0.1) is 0 Å². The summed E-state index contributed by atoms with van der Waals surface area (Å²) in [4.78, 5) is 0. The lowest BCUT2D eigenvalue weighted by atomic mass is 10.1. The van der Waals surface area contributed by atoms with E-state index in [-0.39, 0.29) is 24.7 Å². The summed E-state index contributed by atoms with van der Waals surface area (Å²) in [5.74, 6) is 1.47. The predicted octanol–water partition coefficient (Wildman–Crippen LogP) is 6.50. The van der Waals surface area contributed by atoms with Crippen molar-refractivity contribution in [3.63, 3.8) is 0 Å². The summed E-state index contributed by atoms with van der Waals surface area (Å²) in [5, 5.41) is 4.91. The highest BCUT2D eigenvalue weighted by Crippen LogP contribution is 2.33. The minimum absolute atomic E-state index is 0.0647. The van der Waals surface area contributed by atoms with E-state index in [9.17, 15) is 0 Å². The molecule has 4 rings (SSSR count). The van der Waals surface area contributed by atoms with E-state index < -0.39 is 5.82 Å². The van der Waals surface area contributed by atoms with Crippen LogP contribution in [0.25, 0.3) is 22.4 Å². The average molecular weight is 497 g/mol. The molecule has 0 saturated carbocycles. The maximum Gasteiger partial charge on any atom is 0.249 e.